The lowest BCUT2D eigenvalue weighted by molar-refractivity contribution is 0.249. The number of likely N-dealkylation sites (tertiary alicyclic amines) is 1. The molecule has 2 heterocycles. The van der Waals surface area contributed by atoms with Gasteiger partial charge in [-0.25, -0.2) is 0 Å². The average molecular weight is 288 g/mol. The van der Waals surface area contributed by atoms with E-state index in [1.165, 1.54) is 30.8 Å². The third-order valence-corrected chi connectivity index (χ3v) is 4.71. The summed E-state index contributed by atoms with van der Waals surface area (Å²) in [5.74, 6) is 0.736. The average Bonchev–Trinajstić information content (AvgIpc) is 3.20. The van der Waals surface area contributed by atoms with Gasteiger partial charge in [0.05, 0.1) is 11.4 Å². The van der Waals surface area contributed by atoms with Crippen molar-refractivity contribution in [3.05, 3.63) is 29.6 Å². The smallest absolute Gasteiger partial charge is 0.0547 e. The normalized spacial score (nSPS) is 26.7. The van der Waals surface area contributed by atoms with E-state index in [0.717, 1.165) is 31.6 Å². The number of hydrogen-bond donors (Lipinski definition) is 1. The van der Waals surface area contributed by atoms with Crippen LogP contribution >= 0.6 is 0 Å². The number of rotatable bonds is 6. The van der Waals surface area contributed by atoms with E-state index in [9.17, 15) is 0 Å². The summed E-state index contributed by atoms with van der Waals surface area (Å²) in [7, 11) is 4.38. The van der Waals surface area contributed by atoms with E-state index in [-0.39, 0.29) is 0 Å². The van der Waals surface area contributed by atoms with Crippen LogP contribution in [0.2, 0.25) is 0 Å². The Balaban J connectivity index is 1.56. The zero-order chi connectivity index (χ0) is 14.8. The molecule has 1 aliphatic heterocycles. The molecule has 0 aromatic carbocycles. The summed E-state index contributed by atoms with van der Waals surface area (Å²) in [6, 6.07) is 7.86. The quantitative estimate of drug-likeness (QED) is 0.863. The van der Waals surface area contributed by atoms with E-state index < -0.39 is 0 Å². The molecule has 1 N–H and O–H groups in total. The predicted molar refractivity (Wildman–Crippen MR) is 86.0 cm³/mol. The molecule has 2 aliphatic rings. The topological polar surface area (TPSA) is 31.4 Å². The predicted octanol–water partition coefficient (Wildman–Crippen LogP) is 1.72. The second-order valence-electron chi connectivity index (χ2n) is 6.98. The van der Waals surface area contributed by atoms with Crippen molar-refractivity contribution in [1.82, 2.24) is 20.1 Å². The van der Waals surface area contributed by atoms with Crippen LogP contribution in [0, 0.1) is 5.92 Å². The fraction of sp³-hybridized carbons (Fsp3) is 0.706. The van der Waals surface area contributed by atoms with Crippen LogP contribution < -0.4 is 5.32 Å². The molecule has 1 aromatic heterocycles. The molecule has 2 atom stereocenters. The second-order valence-corrected chi connectivity index (χ2v) is 6.98. The zero-order valence-electron chi connectivity index (χ0n) is 13.5. The van der Waals surface area contributed by atoms with Gasteiger partial charge in [-0.05, 0) is 45.0 Å². The largest absolute Gasteiger partial charge is 0.308 e. The van der Waals surface area contributed by atoms with Crippen LogP contribution in [0.15, 0.2) is 18.2 Å². The van der Waals surface area contributed by atoms with Gasteiger partial charge in [0.25, 0.3) is 0 Å². The van der Waals surface area contributed by atoms with Crippen LogP contribution in [0.4, 0.5) is 0 Å². The van der Waals surface area contributed by atoms with Crippen molar-refractivity contribution < 1.29 is 0 Å². The van der Waals surface area contributed by atoms with Crippen molar-refractivity contribution in [2.24, 2.45) is 5.92 Å². The number of hydrogen-bond acceptors (Lipinski definition) is 4. The number of pyridine rings is 1. The van der Waals surface area contributed by atoms with E-state index in [2.05, 4.69) is 54.3 Å². The van der Waals surface area contributed by atoms with E-state index in [1.54, 1.807) is 0 Å². The van der Waals surface area contributed by atoms with Crippen molar-refractivity contribution in [1.29, 1.82) is 0 Å². The highest BCUT2D eigenvalue weighted by atomic mass is 15.2. The summed E-state index contributed by atoms with van der Waals surface area (Å²) in [6.07, 6.45) is 2.66. The number of likely N-dealkylation sites (N-methyl/N-ethyl adjacent to an activating group) is 1. The van der Waals surface area contributed by atoms with Crippen LogP contribution in [0.3, 0.4) is 0 Å². The summed E-state index contributed by atoms with van der Waals surface area (Å²) in [5.41, 5.74) is 2.38. The van der Waals surface area contributed by atoms with E-state index >= 15 is 0 Å². The number of aromatic nitrogens is 1. The molecule has 4 heteroatoms. The van der Waals surface area contributed by atoms with Crippen molar-refractivity contribution >= 4 is 0 Å². The molecule has 2 fully saturated rings. The highest BCUT2D eigenvalue weighted by Gasteiger charge is 2.30. The first kappa shape index (κ1) is 14.9. The van der Waals surface area contributed by atoms with Gasteiger partial charge in [0.1, 0.15) is 0 Å². The van der Waals surface area contributed by atoms with Crippen LogP contribution in [0.25, 0.3) is 0 Å². The lowest BCUT2D eigenvalue weighted by atomic mass is 10.1. The van der Waals surface area contributed by atoms with Crippen LogP contribution in [0.1, 0.15) is 31.2 Å². The van der Waals surface area contributed by atoms with Crippen LogP contribution in [-0.2, 0) is 13.1 Å². The molecule has 21 heavy (non-hydrogen) atoms. The third-order valence-electron chi connectivity index (χ3n) is 4.71. The Labute approximate surface area is 128 Å². The molecule has 3 rings (SSSR count). The first-order chi connectivity index (χ1) is 10.1. The second kappa shape index (κ2) is 6.42. The molecule has 0 amide bonds. The maximum Gasteiger partial charge on any atom is 0.0547 e. The SMILES string of the molecule is CC1CN(Cc2cccc(CNC3CC3)n2)CC1N(C)C. The van der Waals surface area contributed by atoms with Crippen molar-refractivity contribution in [2.75, 3.05) is 27.2 Å². The van der Waals surface area contributed by atoms with Gasteiger partial charge < -0.3 is 10.2 Å². The van der Waals surface area contributed by atoms with E-state index in [4.69, 9.17) is 4.98 Å². The van der Waals surface area contributed by atoms with E-state index in [1.807, 2.05) is 0 Å². The molecule has 1 saturated carbocycles. The first-order valence-electron chi connectivity index (χ1n) is 8.19. The molecule has 0 spiro atoms. The molecule has 1 saturated heterocycles. The zero-order valence-corrected chi connectivity index (χ0v) is 13.5. The summed E-state index contributed by atoms with van der Waals surface area (Å²) < 4.78 is 0. The molecule has 2 unspecified atom stereocenters. The maximum absolute atomic E-state index is 4.81. The summed E-state index contributed by atoms with van der Waals surface area (Å²) in [5, 5.41) is 3.54. The number of nitrogens with one attached hydrogen (secondary N) is 1. The summed E-state index contributed by atoms with van der Waals surface area (Å²) in [6.45, 7) is 6.57. The van der Waals surface area contributed by atoms with E-state index in [0.29, 0.717) is 6.04 Å². The van der Waals surface area contributed by atoms with Gasteiger partial charge in [0, 0.05) is 38.3 Å². The van der Waals surface area contributed by atoms with Crippen molar-refractivity contribution in [3.8, 4) is 0 Å². The molecular weight excluding hydrogens is 260 g/mol. The minimum Gasteiger partial charge on any atom is -0.308 e. The number of nitrogens with zero attached hydrogens (tertiary/aromatic N) is 3. The molecular formula is C17H28N4. The summed E-state index contributed by atoms with van der Waals surface area (Å²) in [4.78, 5) is 9.71. The lowest BCUT2D eigenvalue weighted by Gasteiger charge is -2.22. The van der Waals surface area contributed by atoms with Crippen LogP contribution in [0.5, 0.6) is 0 Å². The third kappa shape index (κ3) is 4.02. The molecule has 1 aliphatic carbocycles. The Bertz CT molecular complexity index is 470. The fourth-order valence-electron chi connectivity index (χ4n) is 3.33. The Kier molecular flexibility index (Phi) is 4.57. The highest BCUT2D eigenvalue weighted by molar-refractivity contribution is 5.12. The highest BCUT2D eigenvalue weighted by Crippen LogP contribution is 2.22. The molecule has 0 radical (unpaired) electrons. The fourth-order valence-corrected chi connectivity index (χ4v) is 3.33. The Morgan fingerprint density at radius 2 is 2.00 bits per heavy atom. The van der Waals surface area contributed by atoms with Gasteiger partial charge in [-0.15, -0.1) is 0 Å². The Hall–Kier alpha value is -0.970. The molecule has 0 bridgehead atoms. The minimum atomic E-state index is 0.671. The maximum atomic E-state index is 4.81. The first-order valence-corrected chi connectivity index (χ1v) is 8.19. The van der Waals surface area contributed by atoms with Gasteiger partial charge in [-0.1, -0.05) is 13.0 Å². The van der Waals surface area contributed by atoms with Crippen LogP contribution in [-0.4, -0.2) is 54.1 Å². The van der Waals surface area contributed by atoms with Gasteiger partial charge >= 0.3 is 0 Å². The van der Waals surface area contributed by atoms with Gasteiger partial charge in [-0.3, -0.25) is 9.88 Å². The summed E-state index contributed by atoms with van der Waals surface area (Å²) >= 11 is 0. The molecule has 4 nitrogen and oxygen atoms in total. The lowest BCUT2D eigenvalue weighted by Crippen LogP contribution is -2.34. The van der Waals surface area contributed by atoms with Gasteiger partial charge in [0.2, 0.25) is 0 Å². The minimum absolute atomic E-state index is 0.671. The van der Waals surface area contributed by atoms with Crippen molar-refractivity contribution in [2.45, 2.75) is 44.9 Å². The van der Waals surface area contributed by atoms with Gasteiger partial charge in [0.15, 0.2) is 0 Å². The Morgan fingerprint density at radius 3 is 2.67 bits per heavy atom. The Morgan fingerprint density at radius 1 is 1.24 bits per heavy atom. The monoisotopic (exact) mass is 288 g/mol. The van der Waals surface area contributed by atoms with Crippen molar-refractivity contribution in [3.63, 3.8) is 0 Å². The molecule has 116 valence electrons. The standard InChI is InChI=1S/C17H28N4/c1-13-10-21(12-17(13)20(2)3)11-16-6-4-5-15(19-16)9-18-14-7-8-14/h4-6,13-14,17-18H,7-12H2,1-3H3. The van der Waals surface area contributed by atoms with Gasteiger partial charge in [-0.2, -0.15) is 0 Å². The molecule has 1 aromatic rings.